The number of amides is 3. The van der Waals surface area contributed by atoms with E-state index in [-0.39, 0.29) is 41.4 Å². The van der Waals surface area contributed by atoms with Crippen LogP contribution in [0.4, 0.5) is 11.4 Å². The summed E-state index contributed by atoms with van der Waals surface area (Å²) in [5.74, 6) is 0.534. The molecule has 0 radical (unpaired) electrons. The maximum absolute atomic E-state index is 13.4. The smallest absolute Gasteiger partial charge is 0.255 e. The van der Waals surface area contributed by atoms with Crippen molar-refractivity contribution in [1.82, 2.24) is 0 Å². The molecular weight excluding hydrogens is 468 g/mol. The summed E-state index contributed by atoms with van der Waals surface area (Å²) >= 11 is 3.51. The van der Waals surface area contributed by atoms with Crippen LogP contribution in [0, 0.1) is 49.4 Å². The molecule has 6 heteroatoms. The first-order valence-corrected chi connectivity index (χ1v) is 11.9. The molecule has 5 aliphatic rings. The highest BCUT2D eigenvalue weighted by atomic mass is 79.9. The number of imide groups is 1. The number of anilines is 2. The van der Waals surface area contributed by atoms with Gasteiger partial charge in [-0.25, -0.2) is 4.90 Å². The molecule has 7 rings (SSSR count). The SMILES string of the molecule is Cc1c(Br)ccc(NC(=O)c2cccc(N3C(=O)[C@H]4[C@@H]5C=C[C@H]([C@H]6C[C@H]56)[C@@H]4C3=O)c2)c1C. The maximum atomic E-state index is 13.4. The van der Waals surface area contributed by atoms with Crippen molar-refractivity contribution in [3.8, 4) is 0 Å². The Bertz CT molecular complexity index is 1200. The zero-order chi connectivity index (χ0) is 22.3. The van der Waals surface area contributed by atoms with Crippen LogP contribution >= 0.6 is 15.9 Å². The molecule has 2 saturated carbocycles. The number of nitrogens with zero attached hydrogens (tertiary/aromatic N) is 1. The quantitative estimate of drug-likeness (QED) is 0.492. The van der Waals surface area contributed by atoms with E-state index in [1.165, 1.54) is 4.90 Å². The van der Waals surface area contributed by atoms with Gasteiger partial charge in [-0.1, -0.05) is 34.1 Å². The summed E-state index contributed by atoms with van der Waals surface area (Å²) in [6.07, 6.45) is 5.47. The van der Waals surface area contributed by atoms with E-state index in [1.54, 1.807) is 24.3 Å². The van der Waals surface area contributed by atoms with Crippen LogP contribution in [0.25, 0.3) is 0 Å². The van der Waals surface area contributed by atoms with Crippen LogP contribution in [-0.4, -0.2) is 17.7 Å². The number of halogens is 1. The van der Waals surface area contributed by atoms with Gasteiger partial charge in [0.1, 0.15) is 0 Å². The second kappa shape index (κ2) is 6.88. The Morgan fingerprint density at radius 2 is 1.62 bits per heavy atom. The predicted octanol–water partition coefficient (Wildman–Crippen LogP) is 4.88. The second-order valence-electron chi connectivity index (χ2n) is 9.52. The lowest BCUT2D eigenvalue weighted by molar-refractivity contribution is -0.124. The summed E-state index contributed by atoms with van der Waals surface area (Å²) < 4.78 is 0.989. The van der Waals surface area contributed by atoms with E-state index < -0.39 is 0 Å². The molecule has 1 N–H and O–H groups in total. The number of nitrogens with one attached hydrogen (secondary N) is 1. The lowest BCUT2D eigenvalue weighted by Gasteiger charge is -2.37. The van der Waals surface area contributed by atoms with Gasteiger partial charge in [0.05, 0.1) is 17.5 Å². The number of allylic oxidation sites excluding steroid dienone is 2. The van der Waals surface area contributed by atoms with Crippen LogP contribution in [0.15, 0.2) is 53.0 Å². The standard InChI is InChI=1S/C26H23BrN2O3/c1-12-13(2)21(9-8-20(12)27)28-24(30)14-4-3-5-15(10-14)29-25(31)22-16-6-7-17(19-11-18(16)19)23(22)26(29)32/h3-10,16-19,22-23H,11H2,1-2H3,(H,28,30)/t16-,17-,18-,19-,22+,23+/m1/s1. The highest BCUT2D eigenvalue weighted by molar-refractivity contribution is 9.10. The Hall–Kier alpha value is -2.73. The first-order chi connectivity index (χ1) is 15.4. The fourth-order valence-corrected chi connectivity index (χ4v) is 6.54. The average Bonchev–Trinajstić information content (AvgIpc) is 3.57. The van der Waals surface area contributed by atoms with Crippen LogP contribution in [-0.2, 0) is 9.59 Å². The summed E-state index contributed by atoms with van der Waals surface area (Å²) in [6, 6.07) is 10.6. The second-order valence-corrected chi connectivity index (χ2v) is 10.4. The zero-order valence-corrected chi connectivity index (χ0v) is 19.4. The van der Waals surface area contributed by atoms with Gasteiger partial charge < -0.3 is 5.32 Å². The molecule has 0 unspecified atom stereocenters. The van der Waals surface area contributed by atoms with E-state index in [4.69, 9.17) is 0 Å². The largest absolute Gasteiger partial charge is 0.322 e. The lowest BCUT2D eigenvalue weighted by Crippen LogP contribution is -2.40. The molecule has 2 aromatic carbocycles. The molecule has 4 aliphatic carbocycles. The van der Waals surface area contributed by atoms with Gasteiger partial charge in [0.15, 0.2) is 0 Å². The molecule has 162 valence electrons. The summed E-state index contributed by atoms with van der Waals surface area (Å²) in [5, 5.41) is 2.96. The molecule has 32 heavy (non-hydrogen) atoms. The van der Waals surface area contributed by atoms with Crippen molar-refractivity contribution in [1.29, 1.82) is 0 Å². The molecule has 3 amide bonds. The van der Waals surface area contributed by atoms with Crippen molar-refractivity contribution in [2.24, 2.45) is 35.5 Å². The van der Waals surface area contributed by atoms with Crippen molar-refractivity contribution in [3.63, 3.8) is 0 Å². The van der Waals surface area contributed by atoms with E-state index in [2.05, 4.69) is 33.4 Å². The molecule has 0 spiro atoms. The molecule has 5 nitrogen and oxygen atoms in total. The van der Waals surface area contributed by atoms with Gasteiger partial charge >= 0.3 is 0 Å². The fourth-order valence-electron chi connectivity index (χ4n) is 6.12. The first kappa shape index (κ1) is 19.9. The molecule has 2 bridgehead atoms. The lowest BCUT2D eigenvalue weighted by atomic mass is 9.63. The third-order valence-electron chi connectivity index (χ3n) is 8.00. The van der Waals surface area contributed by atoms with Crippen LogP contribution in [0.2, 0.25) is 0 Å². The molecule has 2 aromatic rings. The number of carbonyl (C=O) groups excluding carboxylic acids is 3. The van der Waals surface area contributed by atoms with Crippen molar-refractivity contribution in [2.45, 2.75) is 20.3 Å². The highest BCUT2D eigenvalue weighted by Crippen LogP contribution is 2.65. The van der Waals surface area contributed by atoms with Gasteiger partial charge in [-0.2, -0.15) is 0 Å². The van der Waals surface area contributed by atoms with Crippen LogP contribution in [0.1, 0.15) is 27.9 Å². The first-order valence-electron chi connectivity index (χ1n) is 11.1. The van der Waals surface area contributed by atoms with Gasteiger partial charge in [-0.05, 0) is 85.4 Å². The molecular formula is C26H23BrN2O3. The Balaban J connectivity index is 1.28. The predicted molar refractivity (Wildman–Crippen MR) is 125 cm³/mol. The molecule has 3 fully saturated rings. The highest BCUT2D eigenvalue weighted by Gasteiger charge is 2.67. The molecule has 1 saturated heterocycles. The van der Waals surface area contributed by atoms with Crippen LogP contribution in [0.5, 0.6) is 0 Å². The molecule has 1 heterocycles. The summed E-state index contributed by atoms with van der Waals surface area (Å²) in [7, 11) is 0. The Morgan fingerprint density at radius 1 is 0.969 bits per heavy atom. The van der Waals surface area contributed by atoms with Gasteiger partial charge in [-0.3, -0.25) is 14.4 Å². The van der Waals surface area contributed by atoms with Crippen LogP contribution in [0.3, 0.4) is 0 Å². The van der Waals surface area contributed by atoms with Gasteiger partial charge in [-0.15, -0.1) is 0 Å². The van der Waals surface area contributed by atoms with Crippen molar-refractivity contribution in [3.05, 3.63) is 69.7 Å². The number of benzene rings is 2. The molecule has 1 aliphatic heterocycles. The van der Waals surface area contributed by atoms with Crippen molar-refractivity contribution < 1.29 is 14.4 Å². The van der Waals surface area contributed by atoms with Gasteiger partial charge in [0.25, 0.3) is 5.91 Å². The monoisotopic (exact) mass is 490 g/mol. The minimum atomic E-state index is -0.267. The fraction of sp³-hybridized carbons (Fsp3) is 0.346. The van der Waals surface area contributed by atoms with E-state index in [0.29, 0.717) is 23.1 Å². The molecule has 6 atom stereocenters. The Kier molecular flexibility index (Phi) is 4.28. The Labute approximate surface area is 195 Å². The normalized spacial score (nSPS) is 31.5. The minimum absolute atomic E-state index is 0.110. The maximum Gasteiger partial charge on any atom is 0.255 e. The van der Waals surface area contributed by atoms with E-state index in [0.717, 1.165) is 27.7 Å². The number of hydrogen-bond donors (Lipinski definition) is 1. The van der Waals surface area contributed by atoms with Crippen LogP contribution < -0.4 is 10.2 Å². The van der Waals surface area contributed by atoms with Gasteiger partial charge in [0.2, 0.25) is 11.8 Å². The minimum Gasteiger partial charge on any atom is -0.322 e. The summed E-state index contributed by atoms with van der Waals surface area (Å²) in [5.41, 5.74) is 3.69. The Morgan fingerprint density at radius 3 is 2.28 bits per heavy atom. The summed E-state index contributed by atoms with van der Waals surface area (Å²) in [4.78, 5) is 41.0. The summed E-state index contributed by atoms with van der Waals surface area (Å²) in [6.45, 7) is 3.95. The number of hydrogen-bond acceptors (Lipinski definition) is 3. The number of carbonyl (C=O) groups is 3. The molecule has 0 aromatic heterocycles. The van der Waals surface area contributed by atoms with E-state index >= 15 is 0 Å². The zero-order valence-electron chi connectivity index (χ0n) is 17.8. The average molecular weight is 491 g/mol. The third-order valence-corrected chi connectivity index (χ3v) is 8.86. The van der Waals surface area contributed by atoms with Crippen molar-refractivity contribution in [2.75, 3.05) is 10.2 Å². The topological polar surface area (TPSA) is 66.5 Å². The van der Waals surface area contributed by atoms with E-state index in [9.17, 15) is 14.4 Å². The third kappa shape index (κ3) is 2.71. The number of rotatable bonds is 3. The van der Waals surface area contributed by atoms with E-state index in [1.807, 2.05) is 26.0 Å². The van der Waals surface area contributed by atoms with Gasteiger partial charge in [0, 0.05) is 15.7 Å². The van der Waals surface area contributed by atoms with Crippen molar-refractivity contribution >= 4 is 45.0 Å².